The van der Waals surface area contributed by atoms with Gasteiger partial charge in [-0.1, -0.05) is 11.6 Å². The standard InChI is InChI=1S/C31H33ClFN7O5/c32-22-12-23-20(14-35-38-23)24-19(22)4-1-10-43-30(41)45-18-15-39(9-11-42-16-18)28-21-13-34-27(24)25(33)26(21)36-29(37-28)44-17-31-5-2-7-40(31)8-3-6-31/h12-14,18H,1-11,15-17H2,(H,35,38)/t18-/m0/s1. The Labute approximate surface area is 263 Å². The molecule has 8 heterocycles. The van der Waals surface area contributed by atoms with Gasteiger partial charge in [0.15, 0.2) is 5.82 Å². The normalized spacial score (nSPS) is 22.0. The molecule has 0 radical (unpaired) electrons. The first kappa shape index (κ1) is 28.6. The van der Waals surface area contributed by atoms with Crippen LogP contribution in [-0.4, -0.2) is 100 Å². The number of pyridine rings is 1. The zero-order chi connectivity index (χ0) is 30.5. The van der Waals surface area contributed by atoms with Crippen molar-refractivity contribution in [3.63, 3.8) is 0 Å². The average molecular weight is 638 g/mol. The molecule has 1 aromatic carbocycles. The van der Waals surface area contributed by atoms with Crippen LogP contribution in [0.4, 0.5) is 15.0 Å². The molecule has 0 spiro atoms. The number of aromatic nitrogens is 5. The number of anilines is 1. The van der Waals surface area contributed by atoms with Gasteiger partial charge in [0, 0.05) is 28.7 Å². The Morgan fingerprint density at radius 1 is 1.11 bits per heavy atom. The molecule has 6 bridgehead atoms. The number of hydrogen-bond donors (Lipinski definition) is 1. The fourth-order valence-electron chi connectivity index (χ4n) is 7.40. The van der Waals surface area contributed by atoms with Gasteiger partial charge < -0.3 is 23.8 Å². The number of carbonyl (C=O) groups excluding carboxylic acids is 1. The number of nitrogens with zero attached hydrogens (tertiary/aromatic N) is 6. The van der Waals surface area contributed by atoms with E-state index in [1.54, 1.807) is 18.5 Å². The van der Waals surface area contributed by atoms with E-state index in [2.05, 4.69) is 25.1 Å². The number of benzene rings is 1. The van der Waals surface area contributed by atoms with E-state index in [-0.39, 0.29) is 42.5 Å². The summed E-state index contributed by atoms with van der Waals surface area (Å²) in [6, 6.07) is 1.85. The molecule has 12 nitrogen and oxygen atoms in total. The molecule has 3 fully saturated rings. The van der Waals surface area contributed by atoms with Crippen molar-refractivity contribution in [1.82, 2.24) is 30.0 Å². The summed E-state index contributed by atoms with van der Waals surface area (Å²) in [5.41, 5.74) is 1.96. The summed E-state index contributed by atoms with van der Waals surface area (Å²) in [6.07, 6.45) is 6.98. The topological polar surface area (TPSA) is 128 Å². The van der Waals surface area contributed by atoms with Crippen molar-refractivity contribution >= 4 is 45.4 Å². The highest BCUT2D eigenvalue weighted by molar-refractivity contribution is 6.33. The fraction of sp³-hybridized carbons (Fsp3) is 0.516. The molecule has 1 N–H and O–H groups in total. The average Bonchev–Trinajstić information content (AvgIpc) is 3.71. The van der Waals surface area contributed by atoms with Crippen molar-refractivity contribution < 1.29 is 28.1 Å². The molecule has 0 aliphatic carbocycles. The minimum absolute atomic E-state index is 0.0491. The van der Waals surface area contributed by atoms with Crippen molar-refractivity contribution in [1.29, 1.82) is 0 Å². The molecule has 0 amide bonds. The fourth-order valence-corrected chi connectivity index (χ4v) is 7.69. The summed E-state index contributed by atoms with van der Waals surface area (Å²) >= 11 is 6.77. The Balaban J connectivity index is 1.30. The van der Waals surface area contributed by atoms with E-state index < -0.39 is 18.1 Å². The zero-order valence-corrected chi connectivity index (χ0v) is 25.4. The van der Waals surface area contributed by atoms with E-state index in [4.69, 9.17) is 35.5 Å². The van der Waals surface area contributed by atoms with Gasteiger partial charge in [-0.15, -0.1) is 0 Å². The second kappa shape index (κ2) is 11.5. The van der Waals surface area contributed by atoms with Crippen molar-refractivity contribution in [3.05, 3.63) is 34.9 Å². The highest BCUT2D eigenvalue weighted by atomic mass is 35.5. The third-order valence-corrected chi connectivity index (χ3v) is 9.88. The lowest BCUT2D eigenvalue weighted by atomic mass is 9.95. The van der Waals surface area contributed by atoms with E-state index in [0.717, 1.165) is 38.8 Å². The van der Waals surface area contributed by atoms with Crippen LogP contribution in [0.3, 0.4) is 0 Å². The molecule has 3 saturated heterocycles. The first-order chi connectivity index (χ1) is 22.0. The van der Waals surface area contributed by atoms with Gasteiger partial charge in [0.2, 0.25) is 0 Å². The predicted octanol–water partition coefficient (Wildman–Crippen LogP) is 4.67. The van der Waals surface area contributed by atoms with Crippen LogP contribution < -0.4 is 9.64 Å². The SMILES string of the molecule is O=C1OCCCc2c(Cl)cc3[nH]ncc3c2-c2ncc3c(nc(OCC45CCCN4CCC5)nc3c2F)N2CCOC[C@H](C2)O1. The minimum Gasteiger partial charge on any atom is -0.461 e. The van der Waals surface area contributed by atoms with Crippen molar-refractivity contribution in [2.24, 2.45) is 0 Å². The summed E-state index contributed by atoms with van der Waals surface area (Å²) in [4.78, 5) is 31.2. The molecule has 45 heavy (non-hydrogen) atoms. The Morgan fingerprint density at radius 3 is 2.84 bits per heavy atom. The monoisotopic (exact) mass is 637 g/mol. The number of ether oxygens (including phenoxy) is 4. The van der Waals surface area contributed by atoms with Gasteiger partial charge in [0.05, 0.1) is 49.0 Å². The molecular weight excluding hydrogens is 605 g/mol. The summed E-state index contributed by atoms with van der Waals surface area (Å²) in [7, 11) is 0. The molecule has 0 saturated carbocycles. The lowest BCUT2D eigenvalue weighted by molar-refractivity contribution is -0.00448. The lowest BCUT2D eigenvalue weighted by Gasteiger charge is -2.31. The van der Waals surface area contributed by atoms with Crippen LogP contribution in [0.25, 0.3) is 33.1 Å². The summed E-state index contributed by atoms with van der Waals surface area (Å²) in [6.45, 7) is 3.85. The van der Waals surface area contributed by atoms with Crippen LogP contribution in [0.15, 0.2) is 18.5 Å². The Hall–Kier alpha value is -3.81. The lowest BCUT2D eigenvalue weighted by Crippen LogP contribution is -2.43. The van der Waals surface area contributed by atoms with E-state index in [0.29, 0.717) is 70.9 Å². The van der Waals surface area contributed by atoms with Crippen LogP contribution in [0.2, 0.25) is 5.02 Å². The number of nitrogens with one attached hydrogen (secondary N) is 1. The molecule has 1 atom stereocenters. The predicted molar refractivity (Wildman–Crippen MR) is 163 cm³/mol. The highest BCUT2D eigenvalue weighted by Gasteiger charge is 2.45. The second-order valence-corrected chi connectivity index (χ2v) is 12.6. The van der Waals surface area contributed by atoms with Gasteiger partial charge >= 0.3 is 12.2 Å². The van der Waals surface area contributed by atoms with Crippen LogP contribution >= 0.6 is 11.6 Å². The van der Waals surface area contributed by atoms with E-state index in [1.165, 1.54) is 0 Å². The number of rotatable bonds is 3. The molecule has 0 unspecified atom stereocenters. The van der Waals surface area contributed by atoms with Crippen LogP contribution in [0.1, 0.15) is 37.7 Å². The van der Waals surface area contributed by atoms with E-state index >= 15 is 4.39 Å². The number of aromatic amines is 1. The highest BCUT2D eigenvalue weighted by Crippen LogP contribution is 2.41. The Morgan fingerprint density at radius 2 is 1.98 bits per heavy atom. The first-order valence-electron chi connectivity index (χ1n) is 15.5. The molecule has 4 aromatic rings. The van der Waals surface area contributed by atoms with Crippen molar-refractivity contribution in [2.45, 2.75) is 50.2 Å². The zero-order valence-electron chi connectivity index (χ0n) is 24.7. The number of H-pyrrole nitrogens is 1. The van der Waals surface area contributed by atoms with Gasteiger partial charge in [0.25, 0.3) is 0 Å². The molecule has 9 rings (SSSR count). The number of fused-ring (bicyclic) bond motifs is 8. The van der Waals surface area contributed by atoms with Crippen molar-refractivity contribution in [2.75, 3.05) is 57.5 Å². The maximum atomic E-state index is 17.0. The third-order valence-electron chi connectivity index (χ3n) is 9.55. The van der Waals surface area contributed by atoms with Crippen LogP contribution in [-0.2, 0) is 20.6 Å². The molecular formula is C31H33ClFN7O5. The Kier molecular flexibility index (Phi) is 7.34. The minimum atomic E-state index is -0.779. The van der Waals surface area contributed by atoms with E-state index in [1.807, 2.05) is 4.90 Å². The van der Waals surface area contributed by atoms with Gasteiger partial charge in [0.1, 0.15) is 29.7 Å². The maximum absolute atomic E-state index is 17.0. The molecule has 236 valence electrons. The van der Waals surface area contributed by atoms with Gasteiger partial charge in [-0.05, 0) is 63.2 Å². The van der Waals surface area contributed by atoms with Crippen molar-refractivity contribution in [3.8, 4) is 17.3 Å². The van der Waals surface area contributed by atoms with Gasteiger partial charge in [-0.25, -0.2) is 9.18 Å². The number of halogens is 2. The smallest absolute Gasteiger partial charge is 0.461 e. The largest absolute Gasteiger partial charge is 0.508 e. The van der Waals surface area contributed by atoms with E-state index in [9.17, 15) is 4.79 Å². The van der Waals surface area contributed by atoms with Crippen LogP contribution in [0, 0.1) is 5.82 Å². The van der Waals surface area contributed by atoms with Crippen LogP contribution in [0.5, 0.6) is 6.01 Å². The van der Waals surface area contributed by atoms with Gasteiger partial charge in [-0.2, -0.15) is 15.1 Å². The van der Waals surface area contributed by atoms with Gasteiger partial charge in [-0.3, -0.25) is 15.0 Å². The molecule has 14 heteroatoms. The summed E-state index contributed by atoms with van der Waals surface area (Å²) < 4.78 is 40.1. The summed E-state index contributed by atoms with van der Waals surface area (Å²) in [5, 5.41) is 8.62. The Bertz CT molecular complexity index is 1780. The summed E-state index contributed by atoms with van der Waals surface area (Å²) in [5.74, 6) is -0.176. The first-order valence-corrected chi connectivity index (χ1v) is 15.9. The maximum Gasteiger partial charge on any atom is 0.508 e. The number of carbonyl (C=O) groups is 1. The quantitative estimate of drug-likeness (QED) is 0.315. The second-order valence-electron chi connectivity index (χ2n) is 12.2. The third kappa shape index (κ3) is 5.10. The number of hydrogen-bond acceptors (Lipinski definition) is 11. The molecule has 5 aliphatic rings. The molecule has 5 aliphatic heterocycles. The molecule has 3 aromatic heterocycles.